The maximum absolute atomic E-state index is 13.4. The maximum atomic E-state index is 13.4. The molecule has 0 aliphatic rings. The van der Waals surface area contributed by atoms with Gasteiger partial charge in [-0.05, 0) is 68.7 Å². The highest BCUT2D eigenvalue weighted by Gasteiger charge is 2.30. The molecule has 0 aliphatic carbocycles. The van der Waals surface area contributed by atoms with Crippen molar-refractivity contribution in [3.63, 3.8) is 0 Å². The lowest BCUT2D eigenvalue weighted by molar-refractivity contribution is -0.139. The summed E-state index contributed by atoms with van der Waals surface area (Å²) in [6, 6.07) is 12.0. The summed E-state index contributed by atoms with van der Waals surface area (Å²) in [7, 11) is -3.74. The highest BCUT2D eigenvalue weighted by molar-refractivity contribution is 9.10. The third-order valence-electron chi connectivity index (χ3n) is 4.96. The molecule has 0 aromatic heterocycles. The number of halogens is 1. The number of aryl methyl sites for hydroxylation is 2. The molecule has 174 valence electrons. The molecule has 1 unspecified atom stereocenters. The molecule has 0 fully saturated rings. The molecule has 0 heterocycles. The van der Waals surface area contributed by atoms with Gasteiger partial charge >= 0.3 is 0 Å². The van der Waals surface area contributed by atoms with E-state index in [1.165, 1.54) is 4.90 Å². The molecule has 0 aliphatic heterocycles. The Morgan fingerprint density at radius 3 is 2.12 bits per heavy atom. The average Bonchev–Trinajstić information content (AvgIpc) is 2.69. The first-order valence-electron chi connectivity index (χ1n) is 10.3. The van der Waals surface area contributed by atoms with Crippen LogP contribution in [0.4, 0.5) is 5.69 Å². The molecular weight excluding hydrogens is 494 g/mol. The summed E-state index contributed by atoms with van der Waals surface area (Å²) in [6.45, 7) is 7.39. The molecule has 1 N–H and O–H groups in total. The van der Waals surface area contributed by atoms with Crippen molar-refractivity contribution >= 4 is 43.5 Å². The molecule has 0 radical (unpaired) electrons. The Balaban J connectivity index is 2.40. The van der Waals surface area contributed by atoms with Crippen LogP contribution >= 0.6 is 15.9 Å². The third kappa shape index (κ3) is 7.06. The molecular formula is C23H30BrN3O4S. The van der Waals surface area contributed by atoms with Crippen LogP contribution in [0.3, 0.4) is 0 Å². The number of nitrogens with zero attached hydrogens (tertiary/aromatic N) is 2. The summed E-state index contributed by atoms with van der Waals surface area (Å²) in [5.74, 6) is -0.758. The summed E-state index contributed by atoms with van der Waals surface area (Å²) >= 11 is 3.39. The lowest BCUT2D eigenvalue weighted by Gasteiger charge is -2.31. The zero-order chi connectivity index (χ0) is 24.1. The average molecular weight is 524 g/mol. The van der Waals surface area contributed by atoms with Crippen LogP contribution in [-0.2, 0) is 26.2 Å². The number of nitrogens with one attached hydrogen (secondary N) is 1. The van der Waals surface area contributed by atoms with Crippen LogP contribution in [0.15, 0.2) is 46.9 Å². The van der Waals surface area contributed by atoms with Crippen LogP contribution in [-0.4, -0.2) is 50.5 Å². The van der Waals surface area contributed by atoms with Gasteiger partial charge in [-0.2, -0.15) is 0 Å². The van der Waals surface area contributed by atoms with Crippen molar-refractivity contribution in [1.29, 1.82) is 0 Å². The van der Waals surface area contributed by atoms with Gasteiger partial charge in [0.15, 0.2) is 0 Å². The number of rotatable bonds is 9. The minimum atomic E-state index is -3.74. The molecule has 32 heavy (non-hydrogen) atoms. The van der Waals surface area contributed by atoms with Crippen LogP contribution in [0.25, 0.3) is 0 Å². The Morgan fingerprint density at radius 2 is 1.62 bits per heavy atom. The second-order valence-corrected chi connectivity index (χ2v) is 10.7. The summed E-state index contributed by atoms with van der Waals surface area (Å²) in [6.07, 6.45) is 1.07. The zero-order valence-corrected chi connectivity index (χ0v) is 21.5. The molecule has 0 saturated heterocycles. The Labute approximate surface area is 199 Å². The molecule has 2 rings (SSSR count). The maximum Gasteiger partial charge on any atom is 0.244 e. The monoisotopic (exact) mass is 523 g/mol. The first kappa shape index (κ1) is 25.9. The standard InChI is InChI=1S/C23H30BrN3O4S/c1-6-25-23(29)18(4)26(14-19-7-9-20(24)10-8-19)22(28)15-27(32(5,30)31)21-12-16(2)11-17(3)13-21/h7-13,18H,6,14-15H2,1-5H3,(H,25,29). The molecule has 2 amide bonds. The quantitative estimate of drug-likeness (QED) is 0.545. The number of likely N-dealkylation sites (N-methyl/N-ethyl adjacent to an activating group) is 1. The summed E-state index contributed by atoms with van der Waals surface area (Å²) in [4.78, 5) is 27.3. The van der Waals surface area contributed by atoms with Crippen molar-refractivity contribution in [3.05, 3.63) is 63.6 Å². The fraction of sp³-hybridized carbons (Fsp3) is 0.391. The fourth-order valence-electron chi connectivity index (χ4n) is 3.40. The number of amides is 2. The van der Waals surface area contributed by atoms with Crippen LogP contribution < -0.4 is 9.62 Å². The Kier molecular flexibility index (Phi) is 8.86. The van der Waals surface area contributed by atoms with E-state index in [-0.39, 0.29) is 12.5 Å². The molecule has 2 aromatic carbocycles. The van der Waals surface area contributed by atoms with Gasteiger partial charge in [0, 0.05) is 17.6 Å². The van der Waals surface area contributed by atoms with E-state index in [0.717, 1.165) is 31.7 Å². The van der Waals surface area contributed by atoms with Gasteiger partial charge < -0.3 is 10.2 Å². The van der Waals surface area contributed by atoms with Crippen molar-refractivity contribution in [2.75, 3.05) is 23.7 Å². The van der Waals surface area contributed by atoms with Gasteiger partial charge in [-0.15, -0.1) is 0 Å². The summed E-state index contributed by atoms with van der Waals surface area (Å²) in [5.41, 5.74) is 3.04. The molecule has 2 aromatic rings. The lowest BCUT2D eigenvalue weighted by atomic mass is 10.1. The van der Waals surface area contributed by atoms with Crippen LogP contribution in [0.2, 0.25) is 0 Å². The predicted octanol–water partition coefficient (Wildman–Crippen LogP) is 3.39. The van der Waals surface area contributed by atoms with Crippen molar-refractivity contribution in [2.24, 2.45) is 0 Å². The van der Waals surface area contributed by atoms with E-state index >= 15 is 0 Å². The van der Waals surface area contributed by atoms with Crippen molar-refractivity contribution in [2.45, 2.75) is 40.3 Å². The van der Waals surface area contributed by atoms with Gasteiger partial charge in [0.1, 0.15) is 12.6 Å². The number of hydrogen-bond acceptors (Lipinski definition) is 4. The minimum Gasteiger partial charge on any atom is -0.355 e. The zero-order valence-electron chi connectivity index (χ0n) is 19.1. The number of benzene rings is 2. The van der Waals surface area contributed by atoms with Gasteiger partial charge in [0.25, 0.3) is 0 Å². The van der Waals surface area contributed by atoms with Crippen LogP contribution in [0, 0.1) is 13.8 Å². The normalized spacial score (nSPS) is 12.2. The summed E-state index contributed by atoms with van der Waals surface area (Å²) in [5, 5.41) is 2.73. The number of carbonyl (C=O) groups is 2. The topological polar surface area (TPSA) is 86.8 Å². The smallest absolute Gasteiger partial charge is 0.244 e. The molecule has 1 atom stereocenters. The van der Waals surface area contributed by atoms with E-state index in [1.54, 1.807) is 26.0 Å². The number of hydrogen-bond donors (Lipinski definition) is 1. The molecule has 9 heteroatoms. The Bertz CT molecular complexity index is 1050. The minimum absolute atomic E-state index is 0.175. The number of anilines is 1. The van der Waals surface area contributed by atoms with Crippen molar-refractivity contribution in [1.82, 2.24) is 10.2 Å². The first-order valence-corrected chi connectivity index (χ1v) is 12.9. The van der Waals surface area contributed by atoms with E-state index in [4.69, 9.17) is 0 Å². The third-order valence-corrected chi connectivity index (χ3v) is 6.63. The predicted molar refractivity (Wildman–Crippen MR) is 131 cm³/mol. The Hall–Kier alpha value is -2.39. The molecule has 0 bridgehead atoms. The van der Waals surface area contributed by atoms with E-state index in [0.29, 0.717) is 12.2 Å². The van der Waals surface area contributed by atoms with Gasteiger partial charge in [-0.1, -0.05) is 34.1 Å². The van der Waals surface area contributed by atoms with Crippen molar-refractivity contribution in [3.8, 4) is 0 Å². The van der Waals surface area contributed by atoms with E-state index in [2.05, 4.69) is 21.2 Å². The number of sulfonamides is 1. The lowest BCUT2D eigenvalue weighted by Crippen LogP contribution is -2.51. The van der Waals surface area contributed by atoms with E-state index in [1.807, 2.05) is 44.2 Å². The van der Waals surface area contributed by atoms with Gasteiger partial charge in [-0.25, -0.2) is 8.42 Å². The fourth-order valence-corrected chi connectivity index (χ4v) is 4.50. The second-order valence-electron chi connectivity index (χ2n) is 7.83. The van der Waals surface area contributed by atoms with Crippen molar-refractivity contribution < 1.29 is 18.0 Å². The first-order chi connectivity index (χ1) is 14.9. The highest BCUT2D eigenvalue weighted by atomic mass is 79.9. The summed E-state index contributed by atoms with van der Waals surface area (Å²) < 4.78 is 27.2. The van der Waals surface area contributed by atoms with Crippen LogP contribution in [0.5, 0.6) is 0 Å². The Morgan fingerprint density at radius 1 is 1.06 bits per heavy atom. The molecule has 0 spiro atoms. The highest BCUT2D eigenvalue weighted by Crippen LogP contribution is 2.22. The van der Waals surface area contributed by atoms with Gasteiger partial charge in [-0.3, -0.25) is 13.9 Å². The van der Waals surface area contributed by atoms with E-state index in [9.17, 15) is 18.0 Å². The molecule has 7 nitrogen and oxygen atoms in total. The van der Waals surface area contributed by atoms with Crippen LogP contribution in [0.1, 0.15) is 30.5 Å². The van der Waals surface area contributed by atoms with Gasteiger partial charge in [0.05, 0.1) is 11.9 Å². The molecule has 0 saturated carbocycles. The number of carbonyl (C=O) groups excluding carboxylic acids is 2. The largest absolute Gasteiger partial charge is 0.355 e. The second kappa shape index (κ2) is 11.0. The van der Waals surface area contributed by atoms with E-state index < -0.39 is 28.5 Å². The SMILES string of the molecule is CCNC(=O)C(C)N(Cc1ccc(Br)cc1)C(=O)CN(c1cc(C)cc(C)c1)S(C)(=O)=O. The van der Waals surface area contributed by atoms with Gasteiger partial charge in [0.2, 0.25) is 21.8 Å².